The van der Waals surface area contributed by atoms with Crippen LogP contribution in [0.4, 0.5) is 0 Å². The fraction of sp³-hybridized carbons (Fsp3) is 0.778. The molecule has 0 fully saturated rings. The van der Waals surface area contributed by atoms with E-state index in [1.807, 2.05) is 22.6 Å². The van der Waals surface area contributed by atoms with Gasteiger partial charge >= 0.3 is 11.9 Å². The van der Waals surface area contributed by atoms with Crippen molar-refractivity contribution in [2.45, 2.75) is 43.8 Å². The number of nitrogens with one attached hydrogen (secondary N) is 1. The minimum absolute atomic E-state index is 0.453. The van der Waals surface area contributed by atoms with E-state index in [1.165, 1.54) is 0 Å². The van der Waals surface area contributed by atoms with Crippen molar-refractivity contribution in [3.05, 3.63) is 0 Å². The van der Waals surface area contributed by atoms with Gasteiger partial charge in [0.15, 0.2) is 0 Å². The van der Waals surface area contributed by atoms with Crippen LogP contribution in [-0.4, -0.2) is 21.0 Å². The van der Waals surface area contributed by atoms with E-state index in [2.05, 4.69) is 5.32 Å². The molecule has 14 heavy (non-hydrogen) atoms. The van der Waals surface area contributed by atoms with Crippen LogP contribution in [0.15, 0.2) is 0 Å². The first-order valence-corrected chi connectivity index (χ1v) is 5.33. The van der Waals surface area contributed by atoms with Crippen LogP contribution in [0.5, 0.6) is 0 Å². The SMILES string of the molecule is CC(C)(I)NC(=O)C(=O)OC(C)(C)C. The van der Waals surface area contributed by atoms with E-state index >= 15 is 0 Å². The summed E-state index contributed by atoms with van der Waals surface area (Å²) >= 11 is 2.02. The molecule has 0 aliphatic rings. The third kappa shape index (κ3) is 7.11. The molecule has 0 aromatic carbocycles. The molecule has 0 spiro atoms. The largest absolute Gasteiger partial charge is 0.453 e. The van der Waals surface area contributed by atoms with Crippen LogP contribution in [-0.2, 0) is 14.3 Å². The van der Waals surface area contributed by atoms with Gasteiger partial charge in [0.25, 0.3) is 0 Å². The average molecular weight is 313 g/mol. The van der Waals surface area contributed by atoms with Crippen LogP contribution in [0.25, 0.3) is 0 Å². The first kappa shape index (κ1) is 13.7. The minimum Gasteiger partial charge on any atom is -0.453 e. The summed E-state index contributed by atoms with van der Waals surface area (Å²) in [7, 11) is 0. The molecule has 1 N–H and O–H groups in total. The Bertz CT molecular complexity index is 211. The Morgan fingerprint density at radius 2 is 1.57 bits per heavy atom. The summed E-state index contributed by atoms with van der Waals surface area (Å²) < 4.78 is 4.44. The highest BCUT2D eigenvalue weighted by Crippen LogP contribution is 2.12. The zero-order chi connectivity index (χ0) is 11.6. The molecule has 4 nitrogen and oxygen atoms in total. The highest BCUT2D eigenvalue weighted by Gasteiger charge is 2.26. The molecule has 1 amide bonds. The molecule has 5 heteroatoms. The van der Waals surface area contributed by atoms with E-state index in [0.717, 1.165) is 0 Å². The van der Waals surface area contributed by atoms with E-state index < -0.39 is 21.0 Å². The van der Waals surface area contributed by atoms with Gasteiger partial charge < -0.3 is 10.1 Å². The van der Waals surface area contributed by atoms with Crippen molar-refractivity contribution in [2.24, 2.45) is 0 Å². The molecular formula is C9H16INO3. The Morgan fingerprint density at radius 1 is 1.14 bits per heavy atom. The first-order valence-electron chi connectivity index (χ1n) is 4.26. The van der Waals surface area contributed by atoms with Crippen molar-refractivity contribution in [3.63, 3.8) is 0 Å². The Morgan fingerprint density at radius 3 is 1.86 bits per heavy atom. The van der Waals surface area contributed by atoms with Gasteiger partial charge in [-0.25, -0.2) is 4.79 Å². The highest BCUT2D eigenvalue weighted by atomic mass is 127. The summed E-state index contributed by atoms with van der Waals surface area (Å²) in [6.45, 7) is 8.72. The lowest BCUT2D eigenvalue weighted by Crippen LogP contribution is -2.44. The molecule has 0 aliphatic carbocycles. The predicted octanol–water partition coefficient (Wildman–Crippen LogP) is 1.62. The zero-order valence-electron chi connectivity index (χ0n) is 9.10. The third-order valence-corrected chi connectivity index (χ3v) is 1.26. The lowest BCUT2D eigenvalue weighted by atomic mass is 10.2. The summed E-state index contributed by atoms with van der Waals surface area (Å²) in [6.07, 6.45) is 0. The number of alkyl halides is 1. The second kappa shape index (κ2) is 4.46. The van der Waals surface area contributed by atoms with Crippen molar-refractivity contribution < 1.29 is 14.3 Å². The van der Waals surface area contributed by atoms with Crippen molar-refractivity contribution in [1.29, 1.82) is 0 Å². The van der Waals surface area contributed by atoms with E-state index in [4.69, 9.17) is 4.74 Å². The van der Waals surface area contributed by atoms with Gasteiger partial charge in [0.1, 0.15) is 5.60 Å². The molecule has 0 saturated carbocycles. The van der Waals surface area contributed by atoms with Crippen LogP contribution in [0, 0.1) is 0 Å². The second-order valence-corrected chi connectivity index (χ2v) is 7.13. The first-order chi connectivity index (χ1) is 6.01. The maximum atomic E-state index is 11.2. The van der Waals surface area contributed by atoms with Gasteiger partial charge in [-0.3, -0.25) is 4.79 Å². The molecule has 0 unspecified atom stereocenters. The Balaban J connectivity index is 4.22. The summed E-state index contributed by atoms with van der Waals surface area (Å²) in [4.78, 5) is 22.4. The molecule has 82 valence electrons. The van der Waals surface area contributed by atoms with Crippen LogP contribution in [0.3, 0.4) is 0 Å². The number of esters is 1. The highest BCUT2D eigenvalue weighted by molar-refractivity contribution is 14.1. The summed E-state index contributed by atoms with van der Waals surface area (Å²) in [5.74, 6) is -1.55. The molecule has 0 bridgehead atoms. The van der Waals surface area contributed by atoms with E-state index in [1.54, 1.807) is 34.6 Å². The van der Waals surface area contributed by atoms with Gasteiger partial charge in [-0.1, -0.05) is 22.6 Å². The average Bonchev–Trinajstić information content (AvgIpc) is 1.78. The van der Waals surface area contributed by atoms with Gasteiger partial charge in [-0.15, -0.1) is 0 Å². The predicted molar refractivity (Wildman–Crippen MR) is 62.1 cm³/mol. The molecule has 0 aromatic heterocycles. The lowest BCUT2D eigenvalue weighted by Gasteiger charge is -2.22. The fourth-order valence-corrected chi connectivity index (χ4v) is 0.890. The van der Waals surface area contributed by atoms with Gasteiger partial charge in [-0.2, -0.15) is 0 Å². The standard InChI is InChI=1S/C9H16INO3/c1-8(2,3)14-7(13)6(12)11-9(4,5)10/h1-5H3,(H,11,12). The Labute approximate surface area is 97.9 Å². The van der Waals surface area contributed by atoms with Gasteiger partial charge in [0.2, 0.25) is 0 Å². The molecule has 0 heterocycles. The number of hydrogen-bond acceptors (Lipinski definition) is 3. The molecule has 0 aliphatic heterocycles. The second-order valence-electron chi connectivity index (χ2n) is 4.43. The molecular weight excluding hydrogens is 297 g/mol. The van der Waals surface area contributed by atoms with Crippen LogP contribution in [0.1, 0.15) is 34.6 Å². The van der Waals surface area contributed by atoms with Crippen LogP contribution >= 0.6 is 22.6 Å². The maximum absolute atomic E-state index is 11.2. The van der Waals surface area contributed by atoms with Crippen molar-refractivity contribution >= 4 is 34.5 Å². The number of hydrogen-bond donors (Lipinski definition) is 1. The van der Waals surface area contributed by atoms with Gasteiger partial charge in [0.05, 0.1) is 3.55 Å². The Kier molecular flexibility index (Phi) is 4.35. The quantitative estimate of drug-likeness (QED) is 0.263. The van der Waals surface area contributed by atoms with E-state index in [0.29, 0.717) is 0 Å². The molecule has 0 atom stereocenters. The lowest BCUT2D eigenvalue weighted by molar-refractivity contribution is -0.163. The number of carbonyl (C=O) groups is 2. The van der Waals surface area contributed by atoms with E-state index in [-0.39, 0.29) is 0 Å². The minimum atomic E-state index is -0.845. The summed E-state index contributed by atoms with van der Waals surface area (Å²) in [5.41, 5.74) is -0.635. The fourth-order valence-electron chi connectivity index (χ4n) is 0.645. The maximum Gasteiger partial charge on any atom is 0.397 e. The zero-order valence-corrected chi connectivity index (χ0v) is 11.3. The smallest absolute Gasteiger partial charge is 0.397 e. The molecule has 0 aromatic rings. The monoisotopic (exact) mass is 313 g/mol. The van der Waals surface area contributed by atoms with Crippen molar-refractivity contribution in [3.8, 4) is 0 Å². The van der Waals surface area contributed by atoms with Crippen molar-refractivity contribution in [2.75, 3.05) is 0 Å². The topological polar surface area (TPSA) is 55.4 Å². The number of carbonyl (C=O) groups excluding carboxylic acids is 2. The number of halogens is 1. The normalized spacial score (nSPS) is 12.1. The van der Waals surface area contributed by atoms with Crippen LogP contribution in [0.2, 0.25) is 0 Å². The van der Waals surface area contributed by atoms with Gasteiger partial charge in [-0.05, 0) is 34.6 Å². The number of amides is 1. The Hall–Kier alpha value is -0.330. The van der Waals surface area contributed by atoms with Gasteiger partial charge in [0, 0.05) is 0 Å². The van der Waals surface area contributed by atoms with Crippen molar-refractivity contribution in [1.82, 2.24) is 5.32 Å². The molecule has 0 saturated heterocycles. The number of ether oxygens (including phenoxy) is 1. The summed E-state index contributed by atoms with van der Waals surface area (Å²) in [5, 5.41) is 2.51. The molecule has 0 radical (unpaired) electrons. The van der Waals surface area contributed by atoms with E-state index in [9.17, 15) is 9.59 Å². The summed E-state index contributed by atoms with van der Waals surface area (Å²) in [6, 6.07) is 0. The third-order valence-electron chi connectivity index (χ3n) is 0.995. The molecule has 0 rings (SSSR count). The number of rotatable bonds is 1. The van der Waals surface area contributed by atoms with Crippen LogP contribution < -0.4 is 5.32 Å².